The fraction of sp³-hybridized carbons (Fsp3) is 0.261. The van der Waals surface area contributed by atoms with E-state index in [9.17, 15) is 9.59 Å². The third kappa shape index (κ3) is 3.78. The summed E-state index contributed by atoms with van der Waals surface area (Å²) in [5.41, 5.74) is 3.89. The molecule has 6 nitrogen and oxygen atoms in total. The molecule has 0 bridgehead atoms. The zero-order valence-corrected chi connectivity index (χ0v) is 16.6. The molecule has 0 radical (unpaired) electrons. The highest BCUT2D eigenvalue weighted by Crippen LogP contribution is 2.22. The van der Waals surface area contributed by atoms with Gasteiger partial charge in [-0.1, -0.05) is 47.6 Å². The van der Waals surface area contributed by atoms with E-state index in [1.807, 2.05) is 54.6 Å². The van der Waals surface area contributed by atoms with E-state index < -0.39 is 0 Å². The lowest BCUT2D eigenvalue weighted by atomic mass is 10.0. The fourth-order valence-electron chi connectivity index (χ4n) is 3.70. The smallest absolute Gasteiger partial charge is 0.259 e. The van der Waals surface area contributed by atoms with Gasteiger partial charge in [0.1, 0.15) is 11.3 Å². The number of carbonyl (C=O) groups is 2. The molecule has 1 aliphatic heterocycles. The highest BCUT2D eigenvalue weighted by atomic mass is 16.5. The van der Waals surface area contributed by atoms with Crippen molar-refractivity contribution in [1.29, 1.82) is 0 Å². The Bertz CT molecular complexity index is 1020. The van der Waals surface area contributed by atoms with E-state index in [-0.39, 0.29) is 11.8 Å². The van der Waals surface area contributed by atoms with E-state index in [1.54, 1.807) is 23.6 Å². The molecule has 0 aliphatic carbocycles. The summed E-state index contributed by atoms with van der Waals surface area (Å²) in [7, 11) is 0. The van der Waals surface area contributed by atoms with Crippen LogP contribution >= 0.6 is 0 Å². The van der Waals surface area contributed by atoms with Crippen molar-refractivity contribution in [3.8, 4) is 11.1 Å². The van der Waals surface area contributed by atoms with Crippen molar-refractivity contribution in [3.05, 3.63) is 77.2 Å². The minimum Gasteiger partial charge on any atom is -0.361 e. The van der Waals surface area contributed by atoms with Crippen molar-refractivity contribution >= 4 is 11.8 Å². The van der Waals surface area contributed by atoms with E-state index in [0.717, 1.165) is 11.1 Å². The van der Waals surface area contributed by atoms with Gasteiger partial charge in [-0.15, -0.1) is 0 Å². The molecular formula is C23H23N3O3. The molecule has 4 rings (SSSR count). The first kappa shape index (κ1) is 18.9. The van der Waals surface area contributed by atoms with Gasteiger partial charge in [-0.2, -0.15) is 0 Å². The van der Waals surface area contributed by atoms with E-state index in [4.69, 9.17) is 4.52 Å². The van der Waals surface area contributed by atoms with Gasteiger partial charge in [-0.25, -0.2) is 0 Å². The molecule has 1 saturated heterocycles. The molecule has 2 heterocycles. The molecule has 0 saturated carbocycles. The zero-order valence-electron chi connectivity index (χ0n) is 16.6. The van der Waals surface area contributed by atoms with Crippen molar-refractivity contribution in [2.75, 3.05) is 26.2 Å². The fourth-order valence-corrected chi connectivity index (χ4v) is 3.70. The average Bonchev–Trinajstić information content (AvgIpc) is 3.11. The number of carbonyl (C=O) groups excluding carboxylic acids is 2. The summed E-state index contributed by atoms with van der Waals surface area (Å²) in [4.78, 5) is 29.3. The standard InChI is InChI=1S/C23H23N3O3/c1-16-21(17(2)29-24-16)23(28)26-13-11-25(12-14-26)22(27)20-10-6-9-19(15-20)18-7-4-3-5-8-18/h3-10,15H,11-14H2,1-2H3. The Hall–Kier alpha value is -3.41. The second-order valence-corrected chi connectivity index (χ2v) is 7.23. The van der Waals surface area contributed by atoms with Crippen LogP contribution in [-0.2, 0) is 0 Å². The van der Waals surface area contributed by atoms with Gasteiger partial charge < -0.3 is 14.3 Å². The number of benzene rings is 2. The van der Waals surface area contributed by atoms with Crippen LogP contribution in [0.15, 0.2) is 59.1 Å². The SMILES string of the molecule is Cc1noc(C)c1C(=O)N1CCN(C(=O)c2cccc(-c3ccccc3)c2)CC1. The first-order valence-corrected chi connectivity index (χ1v) is 9.71. The lowest BCUT2D eigenvalue weighted by Gasteiger charge is -2.34. The van der Waals surface area contributed by atoms with Crippen LogP contribution in [0.1, 0.15) is 32.2 Å². The molecule has 3 aromatic rings. The Morgan fingerprint density at radius 1 is 0.828 bits per heavy atom. The first-order chi connectivity index (χ1) is 14.0. The summed E-state index contributed by atoms with van der Waals surface area (Å²) in [6, 6.07) is 17.7. The minimum atomic E-state index is -0.0839. The lowest BCUT2D eigenvalue weighted by Crippen LogP contribution is -2.50. The van der Waals surface area contributed by atoms with Crippen LogP contribution in [-0.4, -0.2) is 52.9 Å². The van der Waals surface area contributed by atoms with Crippen LogP contribution in [0.2, 0.25) is 0 Å². The largest absolute Gasteiger partial charge is 0.361 e. The number of hydrogen-bond acceptors (Lipinski definition) is 4. The van der Waals surface area contributed by atoms with Crippen LogP contribution in [0.25, 0.3) is 11.1 Å². The molecule has 0 unspecified atom stereocenters. The Labute approximate surface area is 169 Å². The number of nitrogens with zero attached hydrogens (tertiary/aromatic N) is 3. The van der Waals surface area contributed by atoms with Gasteiger partial charge in [0, 0.05) is 31.7 Å². The van der Waals surface area contributed by atoms with Gasteiger partial charge in [-0.3, -0.25) is 9.59 Å². The van der Waals surface area contributed by atoms with Crippen LogP contribution in [0.4, 0.5) is 0 Å². The Morgan fingerprint density at radius 2 is 1.45 bits per heavy atom. The molecule has 6 heteroatoms. The van der Waals surface area contributed by atoms with E-state index in [2.05, 4.69) is 5.16 Å². The molecule has 148 valence electrons. The first-order valence-electron chi connectivity index (χ1n) is 9.71. The molecule has 1 aromatic heterocycles. The summed E-state index contributed by atoms with van der Waals surface area (Å²) < 4.78 is 5.11. The number of aromatic nitrogens is 1. The predicted octanol–water partition coefficient (Wildman–Crippen LogP) is 3.56. The number of amides is 2. The van der Waals surface area contributed by atoms with Gasteiger partial charge >= 0.3 is 0 Å². The van der Waals surface area contributed by atoms with Crippen molar-refractivity contribution in [2.45, 2.75) is 13.8 Å². The van der Waals surface area contributed by atoms with Gasteiger partial charge in [-0.05, 0) is 37.1 Å². The molecule has 0 atom stereocenters. The maximum Gasteiger partial charge on any atom is 0.259 e. The van der Waals surface area contributed by atoms with Crippen LogP contribution < -0.4 is 0 Å². The topological polar surface area (TPSA) is 66.7 Å². The highest BCUT2D eigenvalue weighted by molar-refractivity contribution is 5.97. The lowest BCUT2D eigenvalue weighted by molar-refractivity contribution is 0.0534. The monoisotopic (exact) mass is 389 g/mol. The summed E-state index contributed by atoms with van der Waals surface area (Å²) in [5, 5.41) is 3.86. The normalized spacial score (nSPS) is 14.1. The highest BCUT2D eigenvalue weighted by Gasteiger charge is 2.28. The predicted molar refractivity (Wildman–Crippen MR) is 110 cm³/mol. The molecule has 0 N–H and O–H groups in total. The van der Waals surface area contributed by atoms with Crippen molar-refractivity contribution in [1.82, 2.24) is 15.0 Å². The van der Waals surface area contributed by atoms with Crippen molar-refractivity contribution < 1.29 is 14.1 Å². The average molecular weight is 389 g/mol. The molecular weight excluding hydrogens is 366 g/mol. The number of aryl methyl sites for hydroxylation is 2. The Balaban J connectivity index is 1.44. The third-order valence-electron chi connectivity index (χ3n) is 5.32. The molecule has 1 aliphatic rings. The second-order valence-electron chi connectivity index (χ2n) is 7.23. The molecule has 29 heavy (non-hydrogen) atoms. The van der Waals surface area contributed by atoms with Crippen molar-refractivity contribution in [3.63, 3.8) is 0 Å². The van der Waals surface area contributed by atoms with Gasteiger partial charge in [0.2, 0.25) is 0 Å². The molecule has 2 amide bonds. The third-order valence-corrected chi connectivity index (χ3v) is 5.32. The van der Waals surface area contributed by atoms with Gasteiger partial charge in [0.25, 0.3) is 11.8 Å². The maximum atomic E-state index is 13.0. The minimum absolute atomic E-state index is 0.00720. The second kappa shape index (κ2) is 7.91. The quantitative estimate of drug-likeness (QED) is 0.687. The van der Waals surface area contributed by atoms with Crippen molar-refractivity contribution in [2.24, 2.45) is 0 Å². The molecule has 2 aromatic carbocycles. The molecule has 0 spiro atoms. The number of rotatable bonds is 3. The summed E-state index contributed by atoms with van der Waals surface area (Å²) in [5.74, 6) is 0.440. The van der Waals surface area contributed by atoms with E-state index in [1.165, 1.54) is 0 Å². The number of hydrogen-bond donors (Lipinski definition) is 0. The van der Waals surface area contributed by atoms with Gasteiger partial charge in [0.05, 0.1) is 5.69 Å². The van der Waals surface area contributed by atoms with Crippen LogP contribution in [0.3, 0.4) is 0 Å². The van der Waals surface area contributed by atoms with E-state index >= 15 is 0 Å². The zero-order chi connectivity index (χ0) is 20.4. The van der Waals surface area contributed by atoms with Crippen LogP contribution in [0.5, 0.6) is 0 Å². The molecule has 1 fully saturated rings. The number of piperazine rings is 1. The summed E-state index contributed by atoms with van der Waals surface area (Å²) in [6.07, 6.45) is 0. The Kier molecular flexibility index (Phi) is 5.16. The van der Waals surface area contributed by atoms with Gasteiger partial charge in [0.15, 0.2) is 0 Å². The maximum absolute atomic E-state index is 13.0. The Morgan fingerprint density at radius 3 is 2.07 bits per heavy atom. The summed E-state index contributed by atoms with van der Waals surface area (Å²) in [6.45, 7) is 5.50. The van der Waals surface area contributed by atoms with E-state index in [0.29, 0.717) is 48.8 Å². The van der Waals surface area contributed by atoms with Crippen LogP contribution in [0, 0.1) is 13.8 Å². The summed E-state index contributed by atoms with van der Waals surface area (Å²) >= 11 is 0.